The van der Waals surface area contributed by atoms with Crippen LogP contribution in [0.3, 0.4) is 0 Å². The SMILES string of the molecule is Cc1nsc(N2C[C@@H](Cc3ccc4ccccc4n3)[C@H](O)C2)n1. The summed E-state index contributed by atoms with van der Waals surface area (Å²) in [5.74, 6) is 0.965. The summed E-state index contributed by atoms with van der Waals surface area (Å²) in [7, 11) is 0. The second-order valence-corrected chi connectivity index (χ2v) is 6.79. The van der Waals surface area contributed by atoms with Crippen LogP contribution in [0.25, 0.3) is 10.9 Å². The molecule has 1 N–H and O–H groups in total. The van der Waals surface area contributed by atoms with Gasteiger partial charge in [-0.05, 0) is 25.5 Å². The molecule has 5 nitrogen and oxygen atoms in total. The van der Waals surface area contributed by atoms with Crippen LogP contribution in [0.4, 0.5) is 5.13 Å². The number of aromatic nitrogens is 3. The fourth-order valence-electron chi connectivity index (χ4n) is 3.12. The second kappa shape index (κ2) is 5.86. The molecule has 3 heterocycles. The standard InChI is InChI=1S/C17H18N4OS/c1-11-18-17(23-20-11)21-9-13(16(22)10-21)8-14-7-6-12-4-2-3-5-15(12)19-14/h2-7,13,16,22H,8-10H2,1H3/t13-,16-/m1/s1. The highest BCUT2D eigenvalue weighted by Crippen LogP contribution is 2.27. The van der Waals surface area contributed by atoms with Gasteiger partial charge < -0.3 is 10.0 Å². The lowest BCUT2D eigenvalue weighted by Gasteiger charge is -2.14. The van der Waals surface area contributed by atoms with Gasteiger partial charge in [0.1, 0.15) is 5.82 Å². The summed E-state index contributed by atoms with van der Waals surface area (Å²) in [6, 6.07) is 12.3. The second-order valence-electron chi connectivity index (χ2n) is 6.06. The molecule has 0 amide bonds. The Labute approximate surface area is 138 Å². The molecule has 1 fully saturated rings. The van der Waals surface area contributed by atoms with Gasteiger partial charge >= 0.3 is 0 Å². The van der Waals surface area contributed by atoms with Crippen LogP contribution >= 0.6 is 11.5 Å². The molecule has 0 bridgehead atoms. The summed E-state index contributed by atoms with van der Waals surface area (Å²) < 4.78 is 4.22. The quantitative estimate of drug-likeness (QED) is 0.801. The zero-order chi connectivity index (χ0) is 15.8. The predicted molar refractivity (Wildman–Crippen MR) is 91.8 cm³/mol. The van der Waals surface area contributed by atoms with Crippen molar-refractivity contribution < 1.29 is 5.11 Å². The lowest BCUT2D eigenvalue weighted by atomic mass is 9.99. The number of aryl methyl sites for hydroxylation is 1. The first kappa shape index (κ1) is 14.5. The molecule has 3 aromatic rings. The summed E-state index contributed by atoms with van der Waals surface area (Å²) >= 11 is 1.40. The number of hydrogen-bond acceptors (Lipinski definition) is 6. The van der Waals surface area contributed by atoms with E-state index in [1.54, 1.807) is 0 Å². The number of benzene rings is 1. The molecule has 0 saturated carbocycles. The molecular formula is C17H18N4OS. The van der Waals surface area contributed by atoms with Gasteiger partial charge in [0.25, 0.3) is 0 Å². The Kier molecular flexibility index (Phi) is 3.71. The monoisotopic (exact) mass is 326 g/mol. The smallest absolute Gasteiger partial charge is 0.205 e. The van der Waals surface area contributed by atoms with Crippen LogP contribution < -0.4 is 4.90 Å². The Bertz CT molecular complexity index is 834. The average Bonchev–Trinajstić information content (AvgIpc) is 3.14. The van der Waals surface area contributed by atoms with Gasteiger partial charge in [-0.15, -0.1) is 0 Å². The number of hydrogen-bond donors (Lipinski definition) is 1. The maximum absolute atomic E-state index is 10.4. The van der Waals surface area contributed by atoms with Crippen molar-refractivity contribution in [3.8, 4) is 0 Å². The minimum atomic E-state index is -0.354. The fourth-order valence-corrected chi connectivity index (χ4v) is 3.81. The Balaban J connectivity index is 1.51. The number of aliphatic hydroxyl groups excluding tert-OH is 1. The van der Waals surface area contributed by atoms with Crippen molar-refractivity contribution >= 4 is 27.6 Å². The van der Waals surface area contributed by atoms with Crippen molar-refractivity contribution in [2.75, 3.05) is 18.0 Å². The van der Waals surface area contributed by atoms with E-state index in [4.69, 9.17) is 4.98 Å². The molecular weight excluding hydrogens is 308 g/mol. The van der Waals surface area contributed by atoms with Crippen LogP contribution in [0.1, 0.15) is 11.5 Å². The molecule has 1 aliphatic heterocycles. The number of pyridine rings is 1. The van der Waals surface area contributed by atoms with E-state index in [2.05, 4.69) is 32.5 Å². The van der Waals surface area contributed by atoms with Crippen LogP contribution in [-0.2, 0) is 6.42 Å². The summed E-state index contributed by atoms with van der Waals surface area (Å²) in [5, 5.41) is 12.4. The summed E-state index contributed by atoms with van der Waals surface area (Å²) in [5.41, 5.74) is 2.04. The Morgan fingerprint density at radius 2 is 2.04 bits per heavy atom. The first-order valence-electron chi connectivity index (χ1n) is 7.77. The Hall–Kier alpha value is -2.05. The molecule has 2 aromatic heterocycles. The van der Waals surface area contributed by atoms with Gasteiger partial charge in [0.05, 0.1) is 11.6 Å². The lowest BCUT2D eigenvalue weighted by Crippen LogP contribution is -2.20. The van der Waals surface area contributed by atoms with Crippen LogP contribution in [0.5, 0.6) is 0 Å². The summed E-state index contributed by atoms with van der Waals surface area (Å²) in [6.45, 7) is 3.31. The third-order valence-corrected chi connectivity index (χ3v) is 5.19. The van der Waals surface area contributed by atoms with E-state index in [-0.39, 0.29) is 12.0 Å². The van der Waals surface area contributed by atoms with Gasteiger partial charge in [0, 0.05) is 41.6 Å². The van der Waals surface area contributed by atoms with E-state index in [9.17, 15) is 5.11 Å². The molecule has 0 unspecified atom stereocenters. The molecule has 4 rings (SSSR count). The largest absolute Gasteiger partial charge is 0.391 e. The van der Waals surface area contributed by atoms with Crippen LogP contribution in [0.2, 0.25) is 0 Å². The van der Waals surface area contributed by atoms with E-state index in [1.165, 1.54) is 11.5 Å². The van der Waals surface area contributed by atoms with Crippen molar-refractivity contribution in [2.24, 2.45) is 5.92 Å². The van der Waals surface area contributed by atoms with Gasteiger partial charge in [-0.1, -0.05) is 24.3 Å². The van der Waals surface area contributed by atoms with Gasteiger partial charge in [-0.3, -0.25) is 4.98 Å². The molecule has 0 radical (unpaired) electrons. The van der Waals surface area contributed by atoms with Gasteiger partial charge in [-0.2, -0.15) is 4.37 Å². The highest BCUT2D eigenvalue weighted by Gasteiger charge is 2.33. The Morgan fingerprint density at radius 1 is 1.17 bits per heavy atom. The minimum absolute atomic E-state index is 0.174. The van der Waals surface area contributed by atoms with Crippen molar-refractivity contribution in [2.45, 2.75) is 19.4 Å². The number of rotatable bonds is 3. The van der Waals surface area contributed by atoms with Crippen molar-refractivity contribution in [1.82, 2.24) is 14.3 Å². The predicted octanol–water partition coefficient (Wildman–Crippen LogP) is 2.43. The molecule has 23 heavy (non-hydrogen) atoms. The molecule has 1 aliphatic rings. The number of β-amino-alcohol motifs (C(OH)–C–C–N with tert-alkyl or cyclic N) is 1. The number of aliphatic hydroxyl groups is 1. The summed E-state index contributed by atoms with van der Waals surface area (Å²) in [4.78, 5) is 11.3. The lowest BCUT2D eigenvalue weighted by molar-refractivity contribution is 0.148. The zero-order valence-electron chi connectivity index (χ0n) is 12.9. The van der Waals surface area contributed by atoms with Crippen LogP contribution in [0, 0.1) is 12.8 Å². The van der Waals surface area contributed by atoms with Gasteiger partial charge in [-0.25, -0.2) is 4.98 Å². The number of anilines is 1. The number of fused-ring (bicyclic) bond motifs is 1. The summed E-state index contributed by atoms with van der Waals surface area (Å²) in [6.07, 6.45) is 0.424. The van der Waals surface area contributed by atoms with E-state index in [0.717, 1.165) is 40.5 Å². The molecule has 118 valence electrons. The average molecular weight is 326 g/mol. The van der Waals surface area contributed by atoms with Crippen LogP contribution in [0.15, 0.2) is 36.4 Å². The number of para-hydroxylation sites is 1. The van der Waals surface area contributed by atoms with E-state index in [1.807, 2.05) is 25.1 Å². The molecule has 1 saturated heterocycles. The highest BCUT2D eigenvalue weighted by molar-refractivity contribution is 7.09. The Morgan fingerprint density at radius 3 is 2.87 bits per heavy atom. The fraction of sp³-hybridized carbons (Fsp3) is 0.353. The van der Waals surface area contributed by atoms with E-state index < -0.39 is 0 Å². The van der Waals surface area contributed by atoms with Crippen molar-refractivity contribution in [3.05, 3.63) is 47.9 Å². The highest BCUT2D eigenvalue weighted by atomic mass is 32.1. The number of nitrogens with zero attached hydrogens (tertiary/aromatic N) is 4. The third-order valence-electron chi connectivity index (χ3n) is 4.32. The normalized spacial score (nSPS) is 21.2. The third kappa shape index (κ3) is 2.92. The molecule has 2 atom stereocenters. The van der Waals surface area contributed by atoms with Crippen LogP contribution in [-0.4, -0.2) is 38.6 Å². The first-order valence-corrected chi connectivity index (χ1v) is 8.54. The maximum atomic E-state index is 10.4. The topological polar surface area (TPSA) is 62.1 Å². The minimum Gasteiger partial charge on any atom is -0.391 e. The first-order chi connectivity index (χ1) is 11.2. The zero-order valence-corrected chi connectivity index (χ0v) is 13.7. The van der Waals surface area contributed by atoms with Crippen molar-refractivity contribution in [1.29, 1.82) is 0 Å². The van der Waals surface area contributed by atoms with Gasteiger partial charge in [0.15, 0.2) is 0 Å². The molecule has 0 aliphatic carbocycles. The maximum Gasteiger partial charge on any atom is 0.205 e. The molecule has 0 spiro atoms. The van der Waals surface area contributed by atoms with Gasteiger partial charge in [0.2, 0.25) is 5.13 Å². The van der Waals surface area contributed by atoms with E-state index >= 15 is 0 Å². The molecule has 1 aromatic carbocycles. The molecule has 6 heteroatoms. The van der Waals surface area contributed by atoms with E-state index in [0.29, 0.717) is 6.54 Å². The van der Waals surface area contributed by atoms with Crippen molar-refractivity contribution in [3.63, 3.8) is 0 Å².